The largest absolute Gasteiger partial charge is 0.305 e. The molecule has 0 fully saturated rings. The van der Waals surface area contributed by atoms with E-state index in [9.17, 15) is 4.39 Å². The van der Waals surface area contributed by atoms with Gasteiger partial charge < -0.3 is 5.32 Å². The summed E-state index contributed by atoms with van der Waals surface area (Å²) in [5.74, 6) is -0.348. The van der Waals surface area contributed by atoms with Crippen molar-refractivity contribution in [2.24, 2.45) is 0 Å². The van der Waals surface area contributed by atoms with Crippen molar-refractivity contribution in [2.75, 3.05) is 6.54 Å². The van der Waals surface area contributed by atoms with Crippen molar-refractivity contribution >= 4 is 11.6 Å². The van der Waals surface area contributed by atoms with E-state index in [0.29, 0.717) is 16.3 Å². The number of nitrogens with one attached hydrogen (secondary N) is 2. The summed E-state index contributed by atoms with van der Waals surface area (Å²) in [4.78, 5) is 0. The fourth-order valence-corrected chi connectivity index (χ4v) is 1.91. The van der Waals surface area contributed by atoms with Crippen LogP contribution in [-0.2, 0) is 0 Å². The maximum absolute atomic E-state index is 13.9. The van der Waals surface area contributed by atoms with E-state index in [4.69, 9.17) is 11.6 Å². The summed E-state index contributed by atoms with van der Waals surface area (Å²) < 4.78 is 13.9. The fourth-order valence-electron chi connectivity index (χ4n) is 1.75. The van der Waals surface area contributed by atoms with Crippen LogP contribution in [0.3, 0.4) is 0 Å². The highest BCUT2D eigenvalue weighted by Gasteiger charge is 2.19. The number of H-pyrrole nitrogens is 1. The van der Waals surface area contributed by atoms with Crippen LogP contribution in [0, 0.1) is 5.82 Å². The van der Waals surface area contributed by atoms with Crippen LogP contribution < -0.4 is 5.32 Å². The number of halogens is 2. The molecule has 0 aliphatic heterocycles. The van der Waals surface area contributed by atoms with Gasteiger partial charge in [-0.1, -0.05) is 24.6 Å². The molecule has 1 aromatic carbocycles. The Bertz CT molecular complexity index is 501. The summed E-state index contributed by atoms with van der Waals surface area (Å²) in [5, 5.41) is 13.9. The molecule has 18 heavy (non-hydrogen) atoms. The predicted octanol–water partition coefficient (Wildman–Crippen LogP) is 2.69. The minimum absolute atomic E-state index is 0.319. The lowest BCUT2D eigenvalue weighted by atomic mass is 10.0. The number of hydrogen-bond acceptors (Lipinski definition) is 3. The summed E-state index contributed by atoms with van der Waals surface area (Å²) in [7, 11) is 0. The standard InChI is InChI=1S/C12H14ClFN4/c1-2-5-15-12(11-7-16-18-17-11)9-4-3-8(13)6-10(9)14/h3-4,6-7,12,15H,2,5H2,1H3,(H,16,17,18). The van der Waals surface area contributed by atoms with Crippen LogP contribution in [0.15, 0.2) is 24.4 Å². The fraction of sp³-hybridized carbons (Fsp3) is 0.333. The Morgan fingerprint density at radius 3 is 2.94 bits per heavy atom. The number of aromatic amines is 1. The third kappa shape index (κ3) is 2.86. The lowest BCUT2D eigenvalue weighted by Crippen LogP contribution is -2.24. The van der Waals surface area contributed by atoms with Crippen molar-refractivity contribution in [1.82, 2.24) is 20.7 Å². The van der Waals surface area contributed by atoms with Crippen molar-refractivity contribution in [1.29, 1.82) is 0 Å². The topological polar surface area (TPSA) is 53.6 Å². The van der Waals surface area contributed by atoms with Crippen LogP contribution in [0.2, 0.25) is 5.02 Å². The molecule has 1 aromatic heterocycles. The van der Waals surface area contributed by atoms with E-state index >= 15 is 0 Å². The molecule has 1 unspecified atom stereocenters. The van der Waals surface area contributed by atoms with Gasteiger partial charge >= 0.3 is 0 Å². The van der Waals surface area contributed by atoms with Gasteiger partial charge in [0.15, 0.2) is 0 Å². The molecular weight excluding hydrogens is 255 g/mol. The van der Waals surface area contributed by atoms with Gasteiger partial charge in [0.05, 0.1) is 12.2 Å². The molecule has 0 aliphatic carbocycles. The van der Waals surface area contributed by atoms with E-state index in [1.807, 2.05) is 6.92 Å². The van der Waals surface area contributed by atoms with E-state index in [-0.39, 0.29) is 11.9 Å². The molecule has 1 atom stereocenters. The normalized spacial score (nSPS) is 12.6. The second kappa shape index (κ2) is 5.93. The minimum atomic E-state index is -0.348. The Hall–Kier alpha value is -1.46. The molecule has 6 heteroatoms. The van der Waals surface area contributed by atoms with Gasteiger partial charge in [0.1, 0.15) is 11.5 Å². The molecule has 0 saturated carbocycles. The van der Waals surface area contributed by atoms with Gasteiger partial charge in [-0.15, -0.1) is 0 Å². The molecule has 0 radical (unpaired) electrons. The maximum Gasteiger partial charge on any atom is 0.129 e. The number of rotatable bonds is 5. The van der Waals surface area contributed by atoms with E-state index in [0.717, 1.165) is 13.0 Å². The molecule has 2 aromatic rings. The molecule has 2 N–H and O–H groups in total. The van der Waals surface area contributed by atoms with Crippen LogP contribution in [-0.4, -0.2) is 22.0 Å². The highest BCUT2D eigenvalue weighted by atomic mass is 35.5. The SMILES string of the molecule is CCCNC(c1cn[nH]n1)c1ccc(Cl)cc1F. The molecule has 1 heterocycles. The lowest BCUT2D eigenvalue weighted by molar-refractivity contribution is 0.539. The van der Waals surface area contributed by atoms with E-state index < -0.39 is 0 Å². The average molecular weight is 269 g/mol. The molecule has 4 nitrogen and oxygen atoms in total. The van der Waals surface area contributed by atoms with Gasteiger partial charge in [0, 0.05) is 10.6 Å². The van der Waals surface area contributed by atoms with E-state index in [2.05, 4.69) is 20.7 Å². The summed E-state index contributed by atoms with van der Waals surface area (Å²) in [6.45, 7) is 2.81. The van der Waals surface area contributed by atoms with Gasteiger partial charge in [-0.2, -0.15) is 15.4 Å². The van der Waals surface area contributed by atoms with E-state index in [1.54, 1.807) is 18.3 Å². The van der Waals surface area contributed by atoms with Crippen molar-refractivity contribution in [2.45, 2.75) is 19.4 Å². The predicted molar refractivity (Wildman–Crippen MR) is 67.9 cm³/mol. The first-order valence-electron chi connectivity index (χ1n) is 5.76. The lowest BCUT2D eigenvalue weighted by Gasteiger charge is -2.17. The molecule has 96 valence electrons. The molecule has 0 bridgehead atoms. The van der Waals surface area contributed by atoms with Gasteiger partial charge in [-0.3, -0.25) is 0 Å². The third-order valence-corrected chi connectivity index (χ3v) is 2.84. The highest BCUT2D eigenvalue weighted by Crippen LogP contribution is 2.24. The first-order valence-corrected chi connectivity index (χ1v) is 6.14. The van der Waals surface area contributed by atoms with Crippen LogP contribution in [0.4, 0.5) is 4.39 Å². The third-order valence-electron chi connectivity index (χ3n) is 2.60. The zero-order valence-electron chi connectivity index (χ0n) is 9.95. The summed E-state index contributed by atoms with van der Waals surface area (Å²) in [6.07, 6.45) is 2.53. The molecular formula is C12H14ClFN4. The molecule has 0 amide bonds. The van der Waals surface area contributed by atoms with Gasteiger partial charge in [-0.25, -0.2) is 4.39 Å². The second-order valence-electron chi connectivity index (χ2n) is 3.95. The zero-order valence-corrected chi connectivity index (χ0v) is 10.7. The first kappa shape index (κ1) is 13.0. The zero-order chi connectivity index (χ0) is 13.0. The van der Waals surface area contributed by atoms with E-state index in [1.165, 1.54) is 6.07 Å². The number of hydrogen-bond donors (Lipinski definition) is 2. The Morgan fingerprint density at radius 1 is 1.50 bits per heavy atom. The van der Waals surface area contributed by atoms with Gasteiger partial charge in [0.2, 0.25) is 0 Å². The molecule has 0 spiro atoms. The Kier molecular flexibility index (Phi) is 4.28. The van der Waals surface area contributed by atoms with Crippen molar-refractivity contribution in [3.8, 4) is 0 Å². The van der Waals surface area contributed by atoms with Crippen LogP contribution in [0.1, 0.15) is 30.6 Å². The number of aromatic nitrogens is 3. The summed E-state index contributed by atoms with van der Waals surface area (Å²) in [6, 6.07) is 4.32. The van der Waals surface area contributed by atoms with Crippen molar-refractivity contribution < 1.29 is 4.39 Å². The van der Waals surface area contributed by atoms with Crippen LogP contribution in [0.5, 0.6) is 0 Å². The molecule has 2 rings (SSSR count). The van der Waals surface area contributed by atoms with Crippen molar-refractivity contribution in [3.63, 3.8) is 0 Å². The van der Waals surface area contributed by atoms with Gasteiger partial charge in [0.25, 0.3) is 0 Å². The Balaban J connectivity index is 2.33. The highest BCUT2D eigenvalue weighted by molar-refractivity contribution is 6.30. The first-order chi connectivity index (χ1) is 8.72. The number of nitrogens with zero attached hydrogens (tertiary/aromatic N) is 2. The van der Waals surface area contributed by atoms with Crippen LogP contribution in [0.25, 0.3) is 0 Å². The average Bonchev–Trinajstić information content (AvgIpc) is 2.85. The Labute approximate surface area is 110 Å². The monoisotopic (exact) mass is 268 g/mol. The summed E-state index contributed by atoms with van der Waals surface area (Å²) in [5.41, 5.74) is 1.17. The second-order valence-corrected chi connectivity index (χ2v) is 4.38. The summed E-state index contributed by atoms with van der Waals surface area (Å²) >= 11 is 5.76. The van der Waals surface area contributed by atoms with Crippen LogP contribution >= 0.6 is 11.6 Å². The maximum atomic E-state index is 13.9. The molecule has 0 saturated heterocycles. The smallest absolute Gasteiger partial charge is 0.129 e. The minimum Gasteiger partial charge on any atom is -0.305 e. The number of benzene rings is 1. The van der Waals surface area contributed by atoms with Crippen molar-refractivity contribution in [3.05, 3.63) is 46.5 Å². The Morgan fingerprint density at radius 2 is 2.33 bits per heavy atom. The quantitative estimate of drug-likeness (QED) is 0.877. The van der Waals surface area contributed by atoms with Gasteiger partial charge in [-0.05, 0) is 25.1 Å². The molecule has 0 aliphatic rings.